The van der Waals surface area contributed by atoms with Gasteiger partial charge in [-0.05, 0) is 29.8 Å². The summed E-state index contributed by atoms with van der Waals surface area (Å²) in [4.78, 5) is 16.0. The molecule has 0 radical (unpaired) electrons. The van der Waals surface area contributed by atoms with Crippen LogP contribution < -0.4 is 10.6 Å². The second-order valence-corrected chi connectivity index (χ2v) is 5.33. The summed E-state index contributed by atoms with van der Waals surface area (Å²) in [5.74, 6) is -1.68. The molecule has 6 nitrogen and oxygen atoms in total. The summed E-state index contributed by atoms with van der Waals surface area (Å²) in [7, 11) is 1.82. The predicted octanol–water partition coefficient (Wildman–Crippen LogP) is 3.08. The zero-order valence-electron chi connectivity index (χ0n) is 13.3. The number of pyridine rings is 1. The summed E-state index contributed by atoms with van der Waals surface area (Å²) in [5.41, 5.74) is 1.98. The van der Waals surface area contributed by atoms with E-state index in [1.807, 2.05) is 19.2 Å². The molecule has 0 unspecified atom stereocenters. The van der Waals surface area contributed by atoms with Crippen molar-refractivity contribution in [3.63, 3.8) is 0 Å². The van der Waals surface area contributed by atoms with Gasteiger partial charge in [-0.1, -0.05) is 6.07 Å². The number of benzene rings is 1. The van der Waals surface area contributed by atoms with Gasteiger partial charge in [0.25, 0.3) is 0 Å². The molecule has 0 atom stereocenters. The van der Waals surface area contributed by atoms with Gasteiger partial charge in [0.1, 0.15) is 17.3 Å². The van der Waals surface area contributed by atoms with E-state index in [9.17, 15) is 13.6 Å². The highest BCUT2D eigenvalue weighted by Gasteiger charge is 2.12. The van der Waals surface area contributed by atoms with Crippen molar-refractivity contribution < 1.29 is 13.6 Å². The molecule has 0 spiro atoms. The van der Waals surface area contributed by atoms with Gasteiger partial charge in [-0.25, -0.2) is 13.6 Å². The first-order valence-corrected chi connectivity index (χ1v) is 7.46. The maximum atomic E-state index is 13.5. The van der Waals surface area contributed by atoms with E-state index in [1.165, 1.54) is 6.07 Å². The van der Waals surface area contributed by atoms with Crippen LogP contribution in [0.3, 0.4) is 0 Å². The number of para-hydroxylation sites is 1. The number of carbonyl (C=O) groups is 1. The molecule has 0 aliphatic heterocycles. The monoisotopic (exact) mass is 343 g/mol. The first kappa shape index (κ1) is 16.6. The second kappa shape index (κ2) is 7.08. The third-order valence-corrected chi connectivity index (χ3v) is 3.57. The molecule has 2 heterocycles. The smallest absolute Gasteiger partial charge is 0.319 e. The lowest BCUT2D eigenvalue weighted by Gasteiger charge is -2.10. The number of halogens is 2. The minimum Gasteiger partial charge on any atom is -0.334 e. The normalized spacial score (nSPS) is 10.5. The fourth-order valence-corrected chi connectivity index (χ4v) is 2.34. The number of aromatic nitrogens is 3. The highest BCUT2D eigenvalue weighted by atomic mass is 19.1. The van der Waals surface area contributed by atoms with Crippen LogP contribution in [0, 0.1) is 11.6 Å². The largest absolute Gasteiger partial charge is 0.334 e. The van der Waals surface area contributed by atoms with Crippen LogP contribution in [0.4, 0.5) is 19.3 Å². The van der Waals surface area contributed by atoms with Gasteiger partial charge in [-0.2, -0.15) is 5.10 Å². The molecule has 2 amide bonds. The summed E-state index contributed by atoms with van der Waals surface area (Å²) in [6.07, 6.45) is 4.97. The van der Waals surface area contributed by atoms with Crippen molar-refractivity contribution in [1.82, 2.24) is 20.1 Å². The van der Waals surface area contributed by atoms with Crippen LogP contribution in [0.1, 0.15) is 5.56 Å². The number of nitrogens with zero attached hydrogens (tertiary/aromatic N) is 3. The van der Waals surface area contributed by atoms with Gasteiger partial charge in [-0.15, -0.1) is 0 Å². The Balaban J connectivity index is 1.66. The zero-order valence-corrected chi connectivity index (χ0v) is 13.3. The number of amides is 2. The van der Waals surface area contributed by atoms with Crippen LogP contribution in [0.5, 0.6) is 0 Å². The van der Waals surface area contributed by atoms with E-state index in [2.05, 4.69) is 20.7 Å². The third kappa shape index (κ3) is 3.79. The fraction of sp³-hybridized carbons (Fsp3) is 0.118. The van der Waals surface area contributed by atoms with Crippen LogP contribution in [0.2, 0.25) is 0 Å². The Bertz CT molecular complexity index is 889. The number of rotatable bonds is 4. The average Bonchev–Trinajstić information content (AvgIpc) is 3.03. The molecule has 3 aromatic rings. The number of hydrogen-bond donors (Lipinski definition) is 2. The van der Waals surface area contributed by atoms with Crippen LogP contribution in [-0.2, 0) is 13.6 Å². The van der Waals surface area contributed by atoms with Crippen molar-refractivity contribution in [1.29, 1.82) is 0 Å². The molecule has 0 saturated heterocycles. The molecule has 128 valence electrons. The highest BCUT2D eigenvalue weighted by Crippen LogP contribution is 2.19. The van der Waals surface area contributed by atoms with Crippen LogP contribution >= 0.6 is 0 Å². The number of urea groups is 1. The molecule has 25 heavy (non-hydrogen) atoms. The van der Waals surface area contributed by atoms with Crippen molar-refractivity contribution in [2.24, 2.45) is 7.05 Å². The summed E-state index contributed by atoms with van der Waals surface area (Å²) in [6, 6.07) is 6.36. The molecule has 2 N–H and O–H groups in total. The zero-order chi connectivity index (χ0) is 17.8. The Morgan fingerprint density at radius 3 is 2.64 bits per heavy atom. The number of hydrogen-bond acceptors (Lipinski definition) is 3. The lowest BCUT2D eigenvalue weighted by atomic mass is 10.1. The molecule has 3 rings (SSSR count). The standard InChI is InChI=1S/C17H15F2N5O/c1-24-15(5-6-22-24)12-7-11(8-20-10-12)9-21-17(25)23-16-13(18)3-2-4-14(16)19/h2-8,10H,9H2,1H3,(H2,21,23,25). The van der Waals surface area contributed by atoms with Crippen molar-refractivity contribution >= 4 is 11.7 Å². The fourth-order valence-electron chi connectivity index (χ4n) is 2.34. The minimum atomic E-state index is -0.838. The van der Waals surface area contributed by atoms with Crippen molar-refractivity contribution in [2.45, 2.75) is 6.54 Å². The molecule has 2 aromatic heterocycles. The lowest BCUT2D eigenvalue weighted by Crippen LogP contribution is -2.29. The highest BCUT2D eigenvalue weighted by molar-refractivity contribution is 5.89. The van der Waals surface area contributed by atoms with Crippen LogP contribution in [0.25, 0.3) is 11.3 Å². The van der Waals surface area contributed by atoms with Crippen molar-refractivity contribution in [3.05, 3.63) is 66.1 Å². The van der Waals surface area contributed by atoms with E-state index in [1.54, 1.807) is 23.3 Å². The molecule has 1 aromatic carbocycles. The Morgan fingerprint density at radius 2 is 1.96 bits per heavy atom. The van der Waals surface area contributed by atoms with E-state index in [0.717, 1.165) is 29.0 Å². The molecular weight excluding hydrogens is 328 g/mol. The average molecular weight is 343 g/mol. The summed E-state index contributed by atoms with van der Waals surface area (Å²) in [5, 5.41) is 8.81. The Morgan fingerprint density at radius 1 is 1.20 bits per heavy atom. The topological polar surface area (TPSA) is 71.8 Å². The van der Waals surface area contributed by atoms with Crippen molar-refractivity contribution in [3.8, 4) is 11.3 Å². The number of carbonyl (C=O) groups excluding carboxylic acids is 1. The lowest BCUT2D eigenvalue weighted by molar-refractivity contribution is 0.251. The van der Waals surface area contributed by atoms with E-state index in [4.69, 9.17) is 0 Å². The molecule has 0 aliphatic carbocycles. The second-order valence-electron chi connectivity index (χ2n) is 5.33. The molecule has 0 aliphatic rings. The molecular formula is C17H15F2N5O. The van der Waals surface area contributed by atoms with Gasteiger partial charge in [0, 0.05) is 37.7 Å². The number of anilines is 1. The summed E-state index contributed by atoms with van der Waals surface area (Å²) in [6.45, 7) is 0.153. The van der Waals surface area contributed by atoms with Crippen LogP contribution in [0.15, 0.2) is 48.9 Å². The van der Waals surface area contributed by atoms with E-state index < -0.39 is 23.4 Å². The predicted molar refractivity (Wildman–Crippen MR) is 88.7 cm³/mol. The van der Waals surface area contributed by atoms with Gasteiger partial charge in [0.05, 0.1) is 5.69 Å². The first-order valence-electron chi connectivity index (χ1n) is 7.46. The van der Waals surface area contributed by atoms with Gasteiger partial charge in [-0.3, -0.25) is 9.67 Å². The van der Waals surface area contributed by atoms with Gasteiger partial charge < -0.3 is 10.6 Å². The Hall–Kier alpha value is -3.29. The van der Waals surface area contributed by atoms with Crippen molar-refractivity contribution in [2.75, 3.05) is 5.32 Å². The van der Waals surface area contributed by atoms with E-state index >= 15 is 0 Å². The third-order valence-electron chi connectivity index (χ3n) is 3.57. The summed E-state index contributed by atoms with van der Waals surface area (Å²) >= 11 is 0. The number of aryl methyl sites for hydroxylation is 1. The van der Waals surface area contributed by atoms with Crippen LogP contribution in [-0.4, -0.2) is 20.8 Å². The Kier molecular flexibility index (Phi) is 4.69. The molecule has 8 heteroatoms. The molecule has 0 bridgehead atoms. The van der Waals surface area contributed by atoms with Gasteiger partial charge >= 0.3 is 6.03 Å². The molecule has 0 fully saturated rings. The quantitative estimate of drug-likeness (QED) is 0.765. The molecule has 0 saturated carbocycles. The van der Waals surface area contributed by atoms with E-state index in [-0.39, 0.29) is 6.54 Å². The number of nitrogens with one attached hydrogen (secondary N) is 2. The minimum absolute atomic E-state index is 0.153. The SMILES string of the molecule is Cn1nccc1-c1cncc(CNC(=O)Nc2c(F)cccc2F)c1. The Labute approximate surface area is 142 Å². The van der Waals surface area contributed by atoms with Gasteiger partial charge in [0.15, 0.2) is 0 Å². The first-order chi connectivity index (χ1) is 12.0. The van der Waals surface area contributed by atoms with Gasteiger partial charge in [0.2, 0.25) is 0 Å². The summed E-state index contributed by atoms with van der Waals surface area (Å²) < 4.78 is 28.8. The van der Waals surface area contributed by atoms with E-state index in [0.29, 0.717) is 0 Å². The maximum absolute atomic E-state index is 13.5. The maximum Gasteiger partial charge on any atom is 0.319 e.